The summed E-state index contributed by atoms with van der Waals surface area (Å²) in [5.74, 6) is 1.19. The van der Waals surface area contributed by atoms with E-state index < -0.39 is 5.63 Å². The monoisotopic (exact) mass is 340 g/mol. The van der Waals surface area contributed by atoms with Crippen LogP contribution < -0.4 is 5.63 Å². The van der Waals surface area contributed by atoms with Gasteiger partial charge in [-0.3, -0.25) is 9.78 Å². The molecule has 3 rings (SSSR count). The molecule has 0 bridgehead atoms. The smallest absolute Gasteiger partial charge is 0.349 e. The van der Waals surface area contributed by atoms with Crippen LogP contribution in [0.2, 0.25) is 0 Å². The fourth-order valence-corrected chi connectivity index (χ4v) is 3.09. The van der Waals surface area contributed by atoms with Gasteiger partial charge >= 0.3 is 5.63 Å². The van der Waals surface area contributed by atoms with Gasteiger partial charge in [0.2, 0.25) is 0 Å². The summed E-state index contributed by atoms with van der Waals surface area (Å²) in [6, 6.07) is 7.62. The summed E-state index contributed by atoms with van der Waals surface area (Å²) in [7, 11) is 0. The van der Waals surface area contributed by atoms with Gasteiger partial charge in [-0.1, -0.05) is 19.9 Å². The second-order valence-corrected chi connectivity index (χ2v) is 7.15. The molecular formula is C20H24N2O3. The van der Waals surface area contributed by atoms with Crippen molar-refractivity contribution in [1.82, 2.24) is 9.88 Å². The van der Waals surface area contributed by atoms with Crippen LogP contribution in [0.15, 0.2) is 39.7 Å². The van der Waals surface area contributed by atoms with Gasteiger partial charge in [-0.05, 0) is 43.0 Å². The standard InChI is InChI=1S/C20H24N2O3/c1-13(2)7-8-16-10-14(3)18(20(24)25-16)19(23)22-11-15(12-22)17-6-4-5-9-21-17/h4-6,9-10,13,15H,7-8,11-12H2,1-3H3. The van der Waals surface area contributed by atoms with E-state index in [0.29, 0.717) is 36.8 Å². The third-order valence-corrected chi connectivity index (χ3v) is 4.66. The molecule has 0 unspecified atom stereocenters. The first-order valence-corrected chi connectivity index (χ1v) is 8.79. The van der Waals surface area contributed by atoms with E-state index >= 15 is 0 Å². The molecule has 2 aromatic heterocycles. The van der Waals surface area contributed by atoms with Crippen LogP contribution in [0.5, 0.6) is 0 Å². The van der Waals surface area contributed by atoms with Crippen molar-refractivity contribution in [1.29, 1.82) is 0 Å². The zero-order valence-electron chi connectivity index (χ0n) is 15.0. The quantitative estimate of drug-likeness (QED) is 0.839. The molecule has 25 heavy (non-hydrogen) atoms. The summed E-state index contributed by atoms with van der Waals surface area (Å²) in [6.07, 6.45) is 3.43. The molecule has 0 saturated carbocycles. The van der Waals surface area contributed by atoms with E-state index in [1.54, 1.807) is 18.0 Å². The Kier molecular flexibility index (Phi) is 5.02. The molecule has 1 saturated heterocycles. The first-order valence-electron chi connectivity index (χ1n) is 8.79. The lowest BCUT2D eigenvalue weighted by atomic mass is 9.94. The molecule has 0 N–H and O–H groups in total. The number of nitrogens with zero attached hydrogens (tertiary/aromatic N) is 2. The van der Waals surface area contributed by atoms with Gasteiger partial charge in [-0.15, -0.1) is 0 Å². The number of aryl methyl sites for hydroxylation is 2. The topological polar surface area (TPSA) is 63.4 Å². The van der Waals surface area contributed by atoms with E-state index in [0.717, 1.165) is 12.1 Å². The van der Waals surface area contributed by atoms with E-state index in [2.05, 4.69) is 18.8 Å². The number of hydrogen-bond donors (Lipinski definition) is 0. The summed E-state index contributed by atoms with van der Waals surface area (Å²) in [4.78, 5) is 31.0. The Bertz CT molecular complexity index is 805. The van der Waals surface area contributed by atoms with Crippen LogP contribution >= 0.6 is 0 Å². The Morgan fingerprint density at radius 3 is 2.72 bits per heavy atom. The number of carbonyl (C=O) groups excluding carboxylic acids is 1. The van der Waals surface area contributed by atoms with E-state index in [4.69, 9.17) is 4.42 Å². The highest BCUT2D eigenvalue weighted by Gasteiger charge is 2.35. The lowest BCUT2D eigenvalue weighted by molar-refractivity contribution is 0.0592. The van der Waals surface area contributed by atoms with Crippen molar-refractivity contribution in [3.63, 3.8) is 0 Å². The van der Waals surface area contributed by atoms with Gasteiger partial charge in [0.25, 0.3) is 5.91 Å². The average molecular weight is 340 g/mol. The fourth-order valence-electron chi connectivity index (χ4n) is 3.09. The zero-order chi connectivity index (χ0) is 18.0. The van der Waals surface area contributed by atoms with Crippen LogP contribution in [-0.4, -0.2) is 28.9 Å². The maximum atomic E-state index is 12.7. The van der Waals surface area contributed by atoms with Crippen LogP contribution in [0, 0.1) is 12.8 Å². The minimum atomic E-state index is -0.523. The van der Waals surface area contributed by atoms with Crippen molar-refractivity contribution in [3.05, 3.63) is 63.5 Å². The molecule has 1 aliphatic heterocycles. The van der Waals surface area contributed by atoms with Crippen molar-refractivity contribution < 1.29 is 9.21 Å². The molecule has 2 aromatic rings. The van der Waals surface area contributed by atoms with Gasteiger partial charge in [0.05, 0.1) is 0 Å². The molecule has 1 aliphatic rings. The van der Waals surface area contributed by atoms with Crippen LogP contribution in [0.25, 0.3) is 0 Å². The molecule has 132 valence electrons. The summed E-state index contributed by atoms with van der Waals surface area (Å²) >= 11 is 0. The lowest BCUT2D eigenvalue weighted by Gasteiger charge is -2.38. The number of pyridine rings is 1. The molecule has 0 atom stereocenters. The minimum Gasteiger partial charge on any atom is -0.427 e. The van der Waals surface area contributed by atoms with Crippen LogP contribution in [0.3, 0.4) is 0 Å². The SMILES string of the molecule is Cc1cc(CCC(C)C)oc(=O)c1C(=O)N1CC(c2ccccn2)C1. The lowest BCUT2D eigenvalue weighted by Crippen LogP contribution is -2.50. The summed E-state index contributed by atoms with van der Waals surface area (Å²) in [5, 5.41) is 0. The molecule has 3 heterocycles. The molecular weight excluding hydrogens is 316 g/mol. The highest BCUT2D eigenvalue weighted by Crippen LogP contribution is 2.27. The largest absolute Gasteiger partial charge is 0.427 e. The Labute approximate surface area is 147 Å². The maximum Gasteiger partial charge on any atom is 0.349 e. The maximum absolute atomic E-state index is 12.7. The molecule has 0 aliphatic carbocycles. The van der Waals surface area contributed by atoms with Crippen LogP contribution in [-0.2, 0) is 6.42 Å². The van der Waals surface area contributed by atoms with Crippen molar-refractivity contribution in [3.8, 4) is 0 Å². The van der Waals surface area contributed by atoms with Gasteiger partial charge in [0.15, 0.2) is 0 Å². The van der Waals surface area contributed by atoms with Crippen LogP contribution in [0.1, 0.15) is 53.6 Å². The highest BCUT2D eigenvalue weighted by atomic mass is 16.4. The summed E-state index contributed by atoms with van der Waals surface area (Å²) in [5.41, 5.74) is 1.32. The molecule has 5 heteroatoms. The van der Waals surface area contributed by atoms with Crippen molar-refractivity contribution in [2.75, 3.05) is 13.1 Å². The van der Waals surface area contributed by atoms with Crippen LogP contribution in [0.4, 0.5) is 0 Å². The number of hydrogen-bond acceptors (Lipinski definition) is 4. The Hall–Kier alpha value is -2.43. The third-order valence-electron chi connectivity index (χ3n) is 4.66. The molecule has 0 radical (unpaired) electrons. The third kappa shape index (κ3) is 3.81. The number of likely N-dealkylation sites (tertiary alicyclic amines) is 1. The molecule has 1 fully saturated rings. The van der Waals surface area contributed by atoms with E-state index in [1.165, 1.54) is 0 Å². The molecule has 5 nitrogen and oxygen atoms in total. The average Bonchev–Trinajstić information content (AvgIpc) is 2.52. The van der Waals surface area contributed by atoms with Gasteiger partial charge in [0.1, 0.15) is 11.3 Å². The van der Waals surface area contributed by atoms with Crippen molar-refractivity contribution >= 4 is 5.91 Å². The summed E-state index contributed by atoms with van der Waals surface area (Å²) < 4.78 is 5.38. The van der Waals surface area contributed by atoms with Gasteiger partial charge in [-0.2, -0.15) is 0 Å². The number of aromatic nitrogens is 1. The normalized spacial score (nSPS) is 14.6. The van der Waals surface area contributed by atoms with E-state index in [-0.39, 0.29) is 17.4 Å². The zero-order valence-corrected chi connectivity index (χ0v) is 15.0. The Morgan fingerprint density at radius 2 is 2.12 bits per heavy atom. The van der Waals surface area contributed by atoms with E-state index in [9.17, 15) is 9.59 Å². The molecule has 0 spiro atoms. The molecule has 1 amide bonds. The number of rotatable bonds is 5. The Balaban J connectivity index is 1.70. The second-order valence-electron chi connectivity index (χ2n) is 7.15. The second kappa shape index (κ2) is 7.21. The van der Waals surface area contributed by atoms with Crippen molar-refractivity contribution in [2.45, 2.75) is 39.5 Å². The van der Waals surface area contributed by atoms with Gasteiger partial charge < -0.3 is 9.32 Å². The predicted octanol–water partition coefficient (Wildman–Crippen LogP) is 3.17. The van der Waals surface area contributed by atoms with Gasteiger partial charge in [0, 0.05) is 37.3 Å². The first kappa shape index (κ1) is 17.4. The van der Waals surface area contributed by atoms with Gasteiger partial charge in [-0.25, -0.2) is 4.79 Å². The molecule has 0 aromatic carbocycles. The minimum absolute atomic E-state index is 0.160. The number of amides is 1. The van der Waals surface area contributed by atoms with E-state index in [1.807, 2.05) is 24.3 Å². The first-order chi connectivity index (χ1) is 12.0. The predicted molar refractivity (Wildman–Crippen MR) is 95.8 cm³/mol. The Morgan fingerprint density at radius 1 is 1.36 bits per heavy atom. The highest BCUT2D eigenvalue weighted by molar-refractivity contribution is 5.95. The number of carbonyl (C=O) groups is 1. The van der Waals surface area contributed by atoms with Crippen molar-refractivity contribution in [2.24, 2.45) is 5.92 Å². The summed E-state index contributed by atoms with van der Waals surface area (Å²) in [6.45, 7) is 7.24. The fraction of sp³-hybridized carbons (Fsp3) is 0.450.